The molecule has 0 N–H and O–H groups in total. The highest BCUT2D eigenvalue weighted by molar-refractivity contribution is 5.41. The minimum Gasteiger partial charge on any atom is -0.479 e. The number of aryl methyl sites for hydroxylation is 1. The second kappa shape index (κ2) is 5.20. The van der Waals surface area contributed by atoms with Crippen LogP contribution in [0.5, 0.6) is 5.75 Å². The monoisotopic (exact) mass is 284 g/mol. The first-order valence-corrected chi connectivity index (χ1v) is 6.31. The van der Waals surface area contributed by atoms with E-state index in [4.69, 9.17) is 4.74 Å². The summed E-state index contributed by atoms with van der Waals surface area (Å²) in [6, 6.07) is 8.89. The zero-order valence-electron chi connectivity index (χ0n) is 11.3. The van der Waals surface area contributed by atoms with E-state index in [1.165, 1.54) is 0 Å². The van der Waals surface area contributed by atoms with E-state index in [-0.39, 0.29) is 18.2 Å². The second-order valence-electron chi connectivity index (χ2n) is 4.52. The van der Waals surface area contributed by atoms with E-state index >= 15 is 0 Å². The molecule has 0 aliphatic heterocycles. The number of nitro groups is 1. The van der Waals surface area contributed by atoms with Crippen molar-refractivity contribution in [1.29, 1.82) is 0 Å². The molecule has 0 bridgehead atoms. The zero-order valence-corrected chi connectivity index (χ0v) is 11.3. The smallest absolute Gasteiger partial charge is 0.406 e. The van der Waals surface area contributed by atoms with Crippen LogP contribution in [0, 0.1) is 17.0 Å². The van der Waals surface area contributed by atoms with Gasteiger partial charge in [-0.1, -0.05) is 6.07 Å². The minimum absolute atomic E-state index is 0.141. The first-order valence-electron chi connectivity index (χ1n) is 6.31. The summed E-state index contributed by atoms with van der Waals surface area (Å²) in [6.45, 7) is 1.84. The largest absolute Gasteiger partial charge is 0.479 e. The van der Waals surface area contributed by atoms with E-state index in [1.54, 1.807) is 19.1 Å². The fourth-order valence-corrected chi connectivity index (χ4v) is 1.98. The lowest BCUT2D eigenvalue weighted by molar-refractivity contribution is -0.390. The first-order chi connectivity index (χ1) is 10.1. The van der Waals surface area contributed by atoms with Gasteiger partial charge >= 0.3 is 5.82 Å². The first kappa shape index (κ1) is 13.0. The van der Waals surface area contributed by atoms with Crippen molar-refractivity contribution < 1.29 is 9.66 Å². The van der Waals surface area contributed by atoms with E-state index in [2.05, 4.69) is 9.97 Å². The molecule has 7 heteroatoms. The summed E-state index contributed by atoms with van der Waals surface area (Å²) in [7, 11) is 0. The van der Waals surface area contributed by atoms with Crippen LogP contribution in [0.4, 0.5) is 5.82 Å². The van der Waals surface area contributed by atoms with Gasteiger partial charge in [-0.15, -0.1) is 0 Å². The van der Waals surface area contributed by atoms with Crippen molar-refractivity contribution in [1.82, 2.24) is 14.4 Å². The van der Waals surface area contributed by atoms with E-state index in [0.29, 0.717) is 11.4 Å². The van der Waals surface area contributed by atoms with E-state index < -0.39 is 4.92 Å². The predicted molar refractivity (Wildman–Crippen MR) is 75.2 cm³/mol. The summed E-state index contributed by atoms with van der Waals surface area (Å²) in [5.41, 5.74) is 2.06. The molecule has 0 aliphatic carbocycles. The highest BCUT2D eigenvalue weighted by Crippen LogP contribution is 2.25. The molecule has 3 rings (SSSR count). The number of imidazole rings is 1. The van der Waals surface area contributed by atoms with Crippen molar-refractivity contribution in [2.45, 2.75) is 13.5 Å². The fraction of sp³-hybridized carbons (Fsp3) is 0.143. The van der Waals surface area contributed by atoms with Crippen LogP contribution < -0.4 is 4.74 Å². The van der Waals surface area contributed by atoms with Crippen LogP contribution in [-0.4, -0.2) is 19.3 Å². The van der Waals surface area contributed by atoms with Crippen LogP contribution in [-0.2, 0) is 6.61 Å². The number of fused-ring (bicyclic) bond motifs is 1. The van der Waals surface area contributed by atoms with Crippen molar-refractivity contribution in [2.75, 3.05) is 0 Å². The lowest BCUT2D eigenvalue weighted by Crippen LogP contribution is -2.01. The fourth-order valence-electron chi connectivity index (χ4n) is 1.98. The zero-order chi connectivity index (χ0) is 14.8. The molecule has 0 spiro atoms. The predicted octanol–water partition coefficient (Wildman–Crippen LogP) is 2.52. The molecule has 0 saturated carbocycles. The maximum Gasteiger partial charge on any atom is 0.406 e. The van der Waals surface area contributed by atoms with Gasteiger partial charge < -0.3 is 19.3 Å². The van der Waals surface area contributed by atoms with Crippen LogP contribution in [0.25, 0.3) is 5.65 Å². The Kier molecular flexibility index (Phi) is 3.23. The SMILES string of the molecule is Cc1ccc(OCc2cn3ccccc3n2)c([N+](=O)[O-])n1. The Morgan fingerprint density at radius 1 is 1.29 bits per heavy atom. The summed E-state index contributed by atoms with van der Waals surface area (Å²) < 4.78 is 7.35. The molecule has 106 valence electrons. The molecule has 0 fully saturated rings. The number of pyridine rings is 2. The third kappa shape index (κ3) is 2.66. The lowest BCUT2D eigenvalue weighted by atomic mass is 10.3. The average Bonchev–Trinajstić information content (AvgIpc) is 2.88. The number of nitrogens with zero attached hydrogens (tertiary/aromatic N) is 4. The number of aromatic nitrogens is 3. The quantitative estimate of drug-likeness (QED) is 0.543. The topological polar surface area (TPSA) is 82.6 Å². The van der Waals surface area contributed by atoms with Gasteiger partial charge in [0.15, 0.2) is 0 Å². The van der Waals surface area contributed by atoms with Gasteiger partial charge in [0.05, 0.1) is 5.69 Å². The minimum atomic E-state index is -0.550. The molecule has 0 unspecified atom stereocenters. The Morgan fingerprint density at radius 2 is 2.14 bits per heavy atom. The Bertz CT molecular complexity index is 780. The molecule has 7 nitrogen and oxygen atoms in total. The Labute approximate surface area is 120 Å². The van der Waals surface area contributed by atoms with Gasteiger partial charge in [-0.2, -0.15) is 0 Å². The van der Waals surface area contributed by atoms with E-state index in [1.807, 2.05) is 35.0 Å². The van der Waals surface area contributed by atoms with Gasteiger partial charge in [0.1, 0.15) is 17.9 Å². The number of hydrogen-bond acceptors (Lipinski definition) is 5. The summed E-state index contributed by atoms with van der Waals surface area (Å²) in [6.07, 6.45) is 3.70. The molecule has 0 aliphatic rings. The molecular formula is C14H12N4O3. The standard InChI is InChI=1S/C14H12N4O3/c1-10-5-6-12(14(15-10)18(19)20)21-9-11-8-17-7-3-2-4-13(17)16-11/h2-8H,9H2,1H3. The average molecular weight is 284 g/mol. The summed E-state index contributed by atoms with van der Waals surface area (Å²) in [5.74, 6) is -0.138. The van der Waals surface area contributed by atoms with Gasteiger partial charge in [-0.05, 0) is 34.2 Å². The Hall–Kier alpha value is -2.96. The summed E-state index contributed by atoms with van der Waals surface area (Å²) >= 11 is 0. The molecule has 0 amide bonds. The van der Waals surface area contributed by atoms with Crippen molar-refractivity contribution in [3.05, 3.63) is 64.2 Å². The molecule has 3 heterocycles. The van der Waals surface area contributed by atoms with Crippen molar-refractivity contribution in [3.8, 4) is 5.75 Å². The van der Waals surface area contributed by atoms with Gasteiger partial charge in [-0.25, -0.2) is 4.98 Å². The summed E-state index contributed by atoms with van der Waals surface area (Å²) in [5, 5.41) is 11.0. The molecule has 0 saturated heterocycles. The van der Waals surface area contributed by atoms with Crippen LogP contribution in [0.3, 0.4) is 0 Å². The van der Waals surface area contributed by atoms with Crippen molar-refractivity contribution in [3.63, 3.8) is 0 Å². The third-order valence-electron chi connectivity index (χ3n) is 2.94. The number of hydrogen-bond donors (Lipinski definition) is 0. The third-order valence-corrected chi connectivity index (χ3v) is 2.94. The highest BCUT2D eigenvalue weighted by atomic mass is 16.6. The van der Waals surface area contributed by atoms with Crippen LogP contribution in [0.1, 0.15) is 11.4 Å². The molecule has 3 aromatic rings. The number of ether oxygens (including phenoxy) is 1. The molecule has 0 atom stereocenters. The number of rotatable bonds is 4. The van der Waals surface area contributed by atoms with Crippen molar-refractivity contribution >= 4 is 11.5 Å². The normalized spacial score (nSPS) is 10.7. The van der Waals surface area contributed by atoms with E-state index in [9.17, 15) is 10.1 Å². The highest BCUT2D eigenvalue weighted by Gasteiger charge is 2.17. The molecular weight excluding hydrogens is 272 g/mol. The van der Waals surface area contributed by atoms with Gasteiger partial charge in [0, 0.05) is 19.3 Å². The van der Waals surface area contributed by atoms with Crippen LogP contribution in [0.15, 0.2) is 42.7 Å². The van der Waals surface area contributed by atoms with Crippen LogP contribution >= 0.6 is 0 Å². The molecule has 21 heavy (non-hydrogen) atoms. The van der Waals surface area contributed by atoms with E-state index in [0.717, 1.165) is 5.65 Å². The van der Waals surface area contributed by atoms with Gasteiger partial charge in [-0.3, -0.25) is 0 Å². The Balaban J connectivity index is 1.83. The van der Waals surface area contributed by atoms with Crippen LogP contribution in [0.2, 0.25) is 0 Å². The maximum atomic E-state index is 11.0. The molecule has 0 aromatic carbocycles. The molecule has 0 radical (unpaired) electrons. The maximum absolute atomic E-state index is 11.0. The van der Waals surface area contributed by atoms with Crippen molar-refractivity contribution in [2.24, 2.45) is 0 Å². The Morgan fingerprint density at radius 3 is 2.90 bits per heavy atom. The van der Waals surface area contributed by atoms with Gasteiger partial charge in [0.2, 0.25) is 5.75 Å². The lowest BCUT2D eigenvalue weighted by Gasteiger charge is -2.04. The van der Waals surface area contributed by atoms with Gasteiger partial charge in [0.25, 0.3) is 0 Å². The second-order valence-corrected chi connectivity index (χ2v) is 4.52. The summed E-state index contributed by atoms with van der Waals surface area (Å²) in [4.78, 5) is 18.7. The molecule has 3 aromatic heterocycles.